The van der Waals surface area contributed by atoms with Crippen LogP contribution in [0.15, 0.2) is 23.1 Å². The Morgan fingerprint density at radius 2 is 2.20 bits per heavy atom. The van der Waals surface area contributed by atoms with Gasteiger partial charge in [-0.15, -0.1) is 11.8 Å². The topological polar surface area (TPSA) is 32.3 Å². The second-order valence-corrected chi connectivity index (χ2v) is 7.42. The van der Waals surface area contributed by atoms with E-state index in [1.807, 2.05) is 11.8 Å². The van der Waals surface area contributed by atoms with Crippen LogP contribution in [0.3, 0.4) is 0 Å². The first kappa shape index (κ1) is 15.9. The quantitative estimate of drug-likeness (QED) is 0.868. The van der Waals surface area contributed by atoms with Crippen molar-refractivity contribution in [3.05, 3.63) is 29.3 Å². The van der Waals surface area contributed by atoms with Crippen molar-refractivity contribution in [1.82, 2.24) is 5.32 Å². The molecule has 2 rings (SSSR count). The lowest BCUT2D eigenvalue weighted by atomic mass is 9.82. The molecular weight excluding hydrogens is 266 g/mol. The third kappa shape index (κ3) is 3.78. The van der Waals surface area contributed by atoms with Gasteiger partial charge in [-0.2, -0.15) is 0 Å². The van der Waals surface area contributed by atoms with E-state index in [0.29, 0.717) is 5.25 Å². The van der Waals surface area contributed by atoms with E-state index in [-0.39, 0.29) is 12.1 Å². The molecule has 0 spiro atoms. The molecule has 0 aliphatic heterocycles. The molecule has 20 heavy (non-hydrogen) atoms. The van der Waals surface area contributed by atoms with Crippen molar-refractivity contribution in [3.63, 3.8) is 0 Å². The molecule has 1 aromatic rings. The molecule has 1 aliphatic carbocycles. The second kappa shape index (κ2) is 6.97. The van der Waals surface area contributed by atoms with E-state index < -0.39 is 0 Å². The van der Waals surface area contributed by atoms with Crippen molar-refractivity contribution in [3.8, 4) is 0 Å². The minimum atomic E-state index is -0.0532. The summed E-state index contributed by atoms with van der Waals surface area (Å²) in [6.45, 7) is 7.65. The van der Waals surface area contributed by atoms with Crippen molar-refractivity contribution in [1.29, 1.82) is 0 Å². The molecule has 0 saturated heterocycles. The molecule has 1 aliphatic rings. The van der Waals surface area contributed by atoms with Gasteiger partial charge >= 0.3 is 0 Å². The summed E-state index contributed by atoms with van der Waals surface area (Å²) in [4.78, 5) is 1.40. The summed E-state index contributed by atoms with van der Waals surface area (Å²) in [5.41, 5.74) is 2.64. The summed E-state index contributed by atoms with van der Waals surface area (Å²) >= 11 is 2.00. The zero-order valence-electron chi connectivity index (χ0n) is 12.9. The third-order valence-corrected chi connectivity index (χ3v) is 5.72. The van der Waals surface area contributed by atoms with Gasteiger partial charge in [0.05, 0.1) is 6.61 Å². The molecule has 112 valence electrons. The summed E-state index contributed by atoms with van der Waals surface area (Å²) in [5.74, 6) is 0. The van der Waals surface area contributed by atoms with Gasteiger partial charge in [-0.3, -0.25) is 0 Å². The molecular formula is C17H27NOS. The van der Waals surface area contributed by atoms with E-state index in [4.69, 9.17) is 0 Å². The fourth-order valence-electron chi connectivity index (χ4n) is 3.16. The highest BCUT2D eigenvalue weighted by molar-refractivity contribution is 8.00. The number of thioether (sulfide) groups is 1. The SMILES string of the molecule is CCNC1(CO)CCCC(Sc2cc(C)ccc2C)C1. The van der Waals surface area contributed by atoms with Gasteiger partial charge in [0.1, 0.15) is 0 Å². The summed E-state index contributed by atoms with van der Waals surface area (Å²) < 4.78 is 0. The van der Waals surface area contributed by atoms with E-state index in [9.17, 15) is 5.11 Å². The maximum atomic E-state index is 9.78. The predicted molar refractivity (Wildman–Crippen MR) is 87.5 cm³/mol. The molecule has 1 fully saturated rings. The Bertz CT molecular complexity index is 445. The zero-order chi connectivity index (χ0) is 14.6. The Morgan fingerprint density at radius 1 is 1.40 bits per heavy atom. The van der Waals surface area contributed by atoms with Crippen molar-refractivity contribution in [2.45, 2.75) is 62.1 Å². The minimum Gasteiger partial charge on any atom is -0.394 e. The molecule has 1 aromatic carbocycles. The number of nitrogens with one attached hydrogen (secondary N) is 1. The number of hydrogen-bond donors (Lipinski definition) is 2. The van der Waals surface area contributed by atoms with Gasteiger partial charge in [-0.05, 0) is 51.3 Å². The lowest BCUT2D eigenvalue weighted by Crippen LogP contribution is -2.52. The van der Waals surface area contributed by atoms with E-state index in [1.54, 1.807) is 0 Å². The average molecular weight is 293 g/mol. The van der Waals surface area contributed by atoms with E-state index in [1.165, 1.54) is 28.9 Å². The van der Waals surface area contributed by atoms with Gasteiger partial charge in [0.15, 0.2) is 0 Å². The van der Waals surface area contributed by atoms with Gasteiger partial charge in [-0.1, -0.05) is 31.0 Å². The van der Waals surface area contributed by atoms with Crippen LogP contribution in [0.25, 0.3) is 0 Å². The Morgan fingerprint density at radius 3 is 2.90 bits per heavy atom. The second-order valence-electron chi connectivity index (χ2n) is 6.07. The number of likely N-dealkylation sites (N-methyl/N-ethyl adjacent to an activating group) is 1. The fraction of sp³-hybridized carbons (Fsp3) is 0.647. The van der Waals surface area contributed by atoms with Crippen LogP contribution in [-0.2, 0) is 0 Å². The minimum absolute atomic E-state index is 0.0532. The van der Waals surface area contributed by atoms with E-state index >= 15 is 0 Å². The van der Waals surface area contributed by atoms with Gasteiger partial charge in [0.25, 0.3) is 0 Å². The van der Waals surface area contributed by atoms with Crippen LogP contribution in [0.1, 0.15) is 43.7 Å². The first-order chi connectivity index (χ1) is 9.58. The number of aliphatic hydroxyl groups excluding tert-OH is 1. The van der Waals surface area contributed by atoms with Crippen LogP contribution in [0.5, 0.6) is 0 Å². The first-order valence-electron chi connectivity index (χ1n) is 7.68. The lowest BCUT2D eigenvalue weighted by molar-refractivity contribution is 0.125. The highest BCUT2D eigenvalue weighted by Gasteiger charge is 2.35. The summed E-state index contributed by atoms with van der Waals surface area (Å²) in [5, 5.41) is 13.9. The molecule has 0 aromatic heterocycles. The third-order valence-electron chi connectivity index (χ3n) is 4.29. The van der Waals surface area contributed by atoms with E-state index in [2.05, 4.69) is 44.3 Å². The van der Waals surface area contributed by atoms with Crippen molar-refractivity contribution in [2.24, 2.45) is 0 Å². The van der Waals surface area contributed by atoms with E-state index in [0.717, 1.165) is 19.4 Å². The predicted octanol–water partition coefficient (Wildman–Crippen LogP) is 3.68. The highest BCUT2D eigenvalue weighted by Crippen LogP contribution is 2.39. The molecule has 0 bridgehead atoms. The first-order valence-corrected chi connectivity index (χ1v) is 8.56. The van der Waals surface area contributed by atoms with Crippen LogP contribution in [0.2, 0.25) is 0 Å². The lowest BCUT2D eigenvalue weighted by Gasteiger charge is -2.40. The van der Waals surface area contributed by atoms with Crippen LogP contribution in [-0.4, -0.2) is 29.0 Å². The monoisotopic (exact) mass is 293 g/mol. The number of benzene rings is 1. The highest BCUT2D eigenvalue weighted by atomic mass is 32.2. The van der Waals surface area contributed by atoms with Crippen molar-refractivity contribution in [2.75, 3.05) is 13.2 Å². The Kier molecular flexibility index (Phi) is 5.53. The van der Waals surface area contributed by atoms with Gasteiger partial charge in [0, 0.05) is 15.7 Å². The molecule has 1 saturated carbocycles. The maximum absolute atomic E-state index is 9.78. The largest absolute Gasteiger partial charge is 0.394 e. The maximum Gasteiger partial charge on any atom is 0.0613 e. The van der Waals surface area contributed by atoms with Gasteiger partial charge in [-0.25, -0.2) is 0 Å². The van der Waals surface area contributed by atoms with Crippen LogP contribution in [0, 0.1) is 13.8 Å². The zero-order valence-corrected chi connectivity index (χ0v) is 13.7. The van der Waals surface area contributed by atoms with Crippen LogP contribution < -0.4 is 5.32 Å². The normalized spacial score (nSPS) is 26.7. The smallest absolute Gasteiger partial charge is 0.0613 e. The molecule has 2 atom stereocenters. The van der Waals surface area contributed by atoms with Gasteiger partial charge < -0.3 is 10.4 Å². The Labute approximate surface area is 127 Å². The van der Waals surface area contributed by atoms with Gasteiger partial charge in [0.2, 0.25) is 0 Å². The molecule has 2 unspecified atom stereocenters. The molecule has 2 N–H and O–H groups in total. The molecule has 0 amide bonds. The molecule has 3 heteroatoms. The van der Waals surface area contributed by atoms with Crippen LogP contribution in [0.4, 0.5) is 0 Å². The van der Waals surface area contributed by atoms with Crippen molar-refractivity contribution >= 4 is 11.8 Å². The number of hydrogen-bond acceptors (Lipinski definition) is 3. The molecule has 0 heterocycles. The summed E-state index contributed by atoms with van der Waals surface area (Å²) in [7, 11) is 0. The molecule has 2 nitrogen and oxygen atoms in total. The standard InChI is InChI=1S/C17H27NOS/c1-4-18-17(12-19)9-5-6-15(11-17)20-16-10-13(2)7-8-14(16)3/h7-8,10,15,18-19H,4-6,9,11-12H2,1-3H3. The fourth-order valence-corrected chi connectivity index (χ4v) is 4.71. The Balaban J connectivity index is 2.07. The van der Waals surface area contributed by atoms with Crippen LogP contribution >= 0.6 is 11.8 Å². The Hall–Kier alpha value is -0.510. The van der Waals surface area contributed by atoms with Crippen molar-refractivity contribution < 1.29 is 5.11 Å². The number of aliphatic hydroxyl groups is 1. The average Bonchev–Trinajstić information content (AvgIpc) is 2.44. The summed E-state index contributed by atoms with van der Waals surface area (Å²) in [6, 6.07) is 6.68. The summed E-state index contributed by atoms with van der Waals surface area (Å²) in [6.07, 6.45) is 4.62. The number of rotatable bonds is 5. The molecule has 0 radical (unpaired) electrons. The number of aryl methyl sites for hydroxylation is 2.